The van der Waals surface area contributed by atoms with Gasteiger partial charge in [0.05, 0.1) is 11.1 Å². The van der Waals surface area contributed by atoms with Crippen molar-refractivity contribution in [1.82, 2.24) is 10.6 Å². The van der Waals surface area contributed by atoms with Gasteiger partial charge in [0.15, 0.2) is 11.5 Å². The number of ether oxygens (including phenoxy) is 2. The van der Waals surface area contributed by atoms with Crippen molar-refractivity contribution >= 4 is 11.8 Å². The molecule has 0 radical (unpaired) electrons. The molecule has 0 unspecified atom stereocenters. The third-order valence-electron chi connectivity index (χ3n) is 3.81. The van der Waals surface area contributed by atoms with Crippen molar-refractivity contribution in [2.45, 2.75) is 6.18 Å². The fourth-order valence-corrected chi connectivity index (χ4v) is 2.52. The summed E-state index contributed by atoms with van der Waals surface area (Å²) in [5.41, 5.74) is -1.13. The molecule has 2 amide bonds. The second kappa shape index (κ2) is 7.56. The molecule has 0 aliphatic carbocycles. The fourth-order valence-electron chi connectivity index (χ4n) is 2.52. The van der Waals surface area contributed by atoms with Gasteiger partial charge in [-0.25, -0.2) is 0 Å². The first kappa shape index (κ1) is 18.6. The lowest BCUT2D eigenvalue weighted by Gasteiger charge is -2.13. The number of hydrogen-bond acceptors (Lipinski definition) is 4. The van der Waals surface area contributed by atoms with E-state index in [1.165, 1.54) is 18.2 Å². The Labute approximate surface area is 152 Å². The number of alkyl halides is 3. The van der Waals surface area contributed by atoms with Crippen LogP contribution in [0.4, 0.5) is 13.2 Å². The predicted molar refractivity (Wildman–Crippen MR) is 88.7 cm³/mol. The monoisotopic (exact) mass is 380 g/mol. The SMILES string of the molecule is O=C(NCCNC(=O)c1ccccc1C(F)(F)F)c1ccc2c(c1)OCO2. The third kappa shape index (κ3) is 4.30. The van der Waals surface area contributed by atoms with Crippen LogP contribution in [-0.2, 0) is 6.18 Å². The average Bonchev–Trinajstić information content (AvgIpc) is 3.12. The number of amides is 2. The molecule has 3 rings (SSSR count). The molecule has 0 atom stereocenters. The maximum absolute atomic E-state index is 12.9. The van der Waals surface area contributed by atoms with E-state index in [1.54, 1.807) is 12.1 Å². The smallest absolute Gasteiger partial charge is 0.417 e. The first-order chi connectivity index (χ1) is 12.9. The van der Waals surface area contributed by atoms with E-state index in [9.17, 15) is 22.8 Å². The molecule has 2 aromatic rings. The van der Waals surface area contributed by atoms with Gasteiger partial charge in [0, 0.05) is 18.7 Å². The van der Waals surface area contributed by atoms with E-state index in [2.05, 4.69) is 10.6 Å². The number of halogens is 3. The van der Waals surface area contributed by atoms with Gasteiger partial charge in [0.2, 0.25) is 6.79 Å². The summed E-state index contributed by atoms with van der Waals surface area (Å²) in [6, 6.07) is 9.19. The zero-order chi connectivity index (χ0) is 19.4. The van der Waals surface area contributed by atoms with Crippen LogP contribution >= 0.6 is 0 Å². The molecular weight excluding hydrogens is 365 g/mol. The van der Waals surface area contributed by atoms with E-state index >= 15 is 0 Å². The van der Waals surface area contributed by atoms with Crippen LogP contribution < -0.4 is 20.1 Å². The molecule has 0 spiro atoms. The number of benzene rings is 2. The Morgan fingerprint density at radius 2 is 1.59 bits per heavy atom. The molecule has 0 aromatic heterocycles. The summed E-state index contributed by atoms with van der Waals surface area (Å²) in [5.74, 6) is -0.264. The van der Waals surface area contributed by atoms with Crippen LogP contribution in [-0.4, -0.2) is 31.7 Å². The highest BCUT2D eigenvalue weighted by atomic mass is 19.4. The van der Waals surface area contributed by atoms with E-state index in [1.807, 2.05) is 0 Å². The summed E-state index contributed by atoms with van der Waals surface area (Å²) < 4.78 is 49.1. The zero-order valence-corrected chi connectivity index (χ0v) is 13.9. The van der Waals surface area contributed by atoms with Crippen molar-refractivity contribution in [2.75, 3.05) is 19.9 Å². The number of hydrogen-bond donors (Lipinski definition) is 2. The molecule has 6 nitrogen and oxygen atoms in total. The van der Waals surface area contributed by atoms with Gasteiger partial charge in [-0.2, -0.15) is 13.2 Å². The molecule has 9 heteroatoms. The molecule has 142 valence electrons. The van der Waals surface area contributed by atoms with E-state index < -0.39 is 29.1 Å². The van der Waals surface area contributed by atoms with E-state index in [4.69, 9.17) is 9.47 Å². The van der Waals surface area contributed by atoms with Crippen molar-refractivity contribution < 1.29 is 32.2 Å². The van der Waals surface area contributed by atoms with Crippen LogP contribution in [0.5, 0.6) is 11.5 Å². The average molecular weight is 380 g/mol. The maximum Gasteiger partial charge on any atom is 0.417 e. The minimum Gasteiger partial charge on any atom is -0.454 e. The van der Waals surface area contributed by atoms with Crippen LogP contribution in [0.15, 0.2) is 42.5 Å². The minimum atomic E-state index is -4.62. The zero-order valence-electron chi connectivity index (χ0n) is 13.9. The van der Waals surface area contributed by atoms with Crippen LogP contribution in [0, 0.1) is 0 Å². The number of nitrogens with one attached hydrogen (secondary N) is 2. The quantitative estimate of drug-likeness (QED) is 0.782. The van der Waals surface area contributed by atoms with Crippen LogP contribution in [0.25, 0.3) is 0 Å². The summed E-state index contributed by atoms with van der Waals surface area (Å²) in [6.45, 7) is 0.111. The summed E-state index contributed by atoms with van der Waals surface area (Å²) in [4.78, 5) is 24.1. The molecular formula is C18H15F3N2O4. The van der Waals surface area contributed by atoms with Crippen LogP contribution in [0.1, 0.15) is 26.3 Å². The Morgan fingerprint density at radius 3 is 2.33 bits per heavy atom. The van der Waals surface area contributed by atoms with Crippen molar-refractivity contribution in [3.63, 3.8) is 0 Å². The van der Waals surface area contributed by atoms with Gasteiger partial charge in [-0.3, -0.25) is 9.59 Å². The second-order valence-electron chi connectivity index (χ2n) is 5.62. The highest BCUT2D eigenvalue weighted by Crippen LogP contribution is 2.33. The number of fused-ring (bicyclic) bond motifs is 1. The highest BCUT2D eigenvalue weighted by Gasteiger charge is 2.34. The first-order valence-electron chi connectivity index (χ1n) is 7.98. The second-order valence-corrected chi connectivity index (χ2v) is 5.62. The first-order valence-corrected chi connectivity index (χ1v) is 7.98. The summed E-state index contributed by atoms with van der Waals surface area (Å²) in [5, 5.41) is 4.93. The predicted octanol–water partition coefficient (Wildman–Crippen LogP) is 2.59. The van der Waals surface area contributed by atoms with Crippen LogP contribution in [0.3, 0.4) is 0 Å². The van der Waals surface area contributed by atoms with Gasteiger partial charge in [-0.1, -0.05) is 12.1 Å². The van der Waals surface area contributed by atoms with Crippen molar-refractivity contribution in [1.29, 1.82) is 0 Å². The van der Waals surface area contributed by atoms with Crippen molar-refractivity contribution in [3.8, 4) is 11.5 Å². The van der Waals surface area contributed by atoms with Crippen molar-refractivity contribution in [2.24, 2.45) is 0 Å². The molecule has 1 heterocycles. The van der Waals surface area contributed by atoms with Gasteiger partial charge >= 0.3 is 6.18 Å². The van der Waals surface area contributed by atoms with Gasteiger partial charge in [-0.05, 0) is 30.3 Å². The Balaban J connectivity index is 1.52. The molecule has 0 saturated carbocycles. The fraction of sp³-hybridized carbons (Fsp3) is 0.222. The molecule has 0 saturated heterocycles. The minimum absolute atomic E-state index is 0.0265. The lowest BCUT2D eigenvalue weighted by atomic mass is 10.1. The van der Waals surface area contributed by atoms with Gasteiger partial charge in [0.25, 0.3) is 11.8 Å². The standard InChI is InChI=1S/C18H15F3N2O4/c19-18(20,21)13-4-2-1-3-12(13)17(25)23-8-7-22-16(24)11-5-6-14-15(9-11)27-10-26-14/h1-6,9H,7-8,10H2,(H,22,24)(H,23,25). The van der Waals surface area contributed by atoms with Gasteiger partial charge in [-0.15, -0.1) is 0 Å². The molecule has 1 aliphatic heterocycles. The Hall–Kier alpha value is -3.23. The lowest BCUT2D eigenvalue weighted by molar-refractivity contribution is -0.137. The molecule has 2 N–H and O–H groups in total. The van der Waals surface area contributed by atoms with Crippen LogP contribution in [0.2, 0.25) is 0 Å². The topological polar surface area (TPSA) is 76.7 Å². The summed E-state index contributed by atoms with van der Waals surface area (Å²) in [6.07, 6.45) is -4.62. The third-order valence-corrected chi connectivity index (χ3v) is 3.81. The summed E-state index contributed by atoms with van der Waals surface area (Å²) >= 11 is 0. The Bertz CT molecular complexity index is 868. The molecule has 0 bridgehead atoms. The maximum atomic E-state index is 12.9. The molecule has 2 aromatic carbocycles. The highest BCUT2D eigenvalue weighted by molar-refractivity contribution is 5.96. The summed E-state index contributed by atoms with van der Waals surface area (Å²) in [7, 11) is 0. The number of carbonyl (C=O) groups is 2. The van der Waals surface area contributed by atoms with E-state index in [-0.39, 0.29) is 19.9 Å². The molecule has 27 heavy (non-hydrogen) atoms. The van der Waals surface area contributed by atoms with E-state index in [0.29, 0.717) is 17.1 Å². The largest absolute Gasteiger partial charge is 0.454 e. The molecule has 1 aliphatic rings. The lowest BCUT2D eigenvalue weighted by Crippen LogP contribution is -2.35. The number of carbonyl (C=O) groups excluding carboxylic acids is 2. The molecule has 0 fully saturated rings. The van der Waals surface area contributed by atoms with E-state index in [0.717, 1.165) is 12.1 Å². The number of rotatable bonds is 5. The Morgan fingerprint density at radius 1 is 0.926 bits per heavy atom. The van der Waals surface area contributed by atoms with Crippen molar-refractivity contribution in [3.05, 3.63) is 59.2 Å². The van der Waals surface area contributed by atoms with Gasteiger partial charge in [0.1, 0.15) is 0 Å². The normalized spacial score (nSPS) is 12.6. The van der Waals surface area contributed by atoms with Gasteiger partial charge < -0.3 is 20.1 Å². The Kier molecular flexibility index (Phi) is 5.20.